The van der Waals surface area contributed by atoms with Gasteiger partial charge in [-0.3, -0.25) is 13.7 Å². The number of rotatable bonds is 9. The Kier molecular flexibility index (Phi) is 7.50. The van der Waals surface area contributed by atoms with Gasteiger partial charge >= 0.3 is 7.82 Å². The highest BCUT2D eigenvalue weighted by Gasteiger charge is 2.38. The molecule has 0 amide bonds. The minimum atomic E-state index is -4.07. The highest BCUT2D eigenvalue weighted by Crippen LogP contribution is 2.51. The number of hydrogen-bond acceptors (Lipinski definition) is 7. The van der Waals surface area contributed by atoms with Crippen molar-refractivity contribution in [3.63, 3.8) is 0 Å². The summed E-state index contributed by atoms with van der Waals surface area (Å²) in [5.41, 5.74) is 0. The topological polar surface area (TPSA) is 72.5 Å². The molecule has 0 radical (unpaired) electrons. The van der Waals surface area contributed by atoms with E-state index in [9.17, 15) is 4.57 Å². The van der Waals surface area contributed by atoms with Crippen LogP contribution in [0.2, 0.25) is 58.9 Å². The molecule has 7 nitrogen and oxygen atoms in total. The molecule has 0 rings (SSSR count). The Morgan fingerprint density at radius 2 is 0.750 bits per heavy atom. The zero-order chi connectivity index (χ0) is 16.2. The molecule has 0 atom stereocenters. The van der Waals surface area contributed by atoms with E-state index in [2.05, 4.69) is 0 Å². The van der Waals surface area contributed by atoms with Gasteiger partial charge in [0.05, 0.1) is 0 Å². The average Bonchev–Trinajstić information content (AvgIpc) is 2.18. The van der Waals surface area contributed by atoms with Gasteiger partial charge in [-0.2, -0.15) is 0 Å². The minimum absolute atomic E-state index is 1.87. The van der Waals surface area contributed by atoms with Crippen molar-refractivity contribution in [1.29, 1.82) is 0 Å². The molecule has 11 heteroatoms. The van der Waals surface area contributed by atoms with Crippen molar-refractivity contribution < 1.29 is 32.3 Å². The van der Waals surface area contributed by atoms with Crippen molar-refractivity contribution in [2.45, 2.75) is 58.9 Å². The molecular weight excluding hydrogens is 335 g/mol. The third-order valence-corrected chi connectivity index (χ3v) is 4.08. The molecule has 0 aromatic heterocycles. The molecule has 0 fully saturated rings. The lowest BCUT2D eigenvalue weighted by Crippen LogP contribution is -2.29. The maximum absolute atomic E-state index is 12.4. The van der Waals surface area contributed by atoms with Crippen molar-refractivity contribution in [3.8, 4) is 0 Å². The van der Waals surface area contributed by atoms with Gasteiger partial charge in [-0.15, -0.1) is 14.0 Å². The van der Waals surface area contributed by atoms with Crippen LogP contribution in [-0.4, -0.2) is 25.0 Å². The van der Waals surface area contributed by atoms with Crippen LogP contribution in [0.5, 0.6) is 0 Å². The van der Waals surface area contributed by atoms with Gasteiger partial charge in [-0.1, -0.05) is 0 Å². The van der Waals surface area contributed by atoms with Crippen LogP contribution >= 0.6 is 7.82 Å². The van der Waals surface area contributed by atoms with Crippen LogP contribution in [0.1, 0.15) is 0 Å². The lowest BCUT2D eigenvalue weighted by molar-refractivity contribution is -0.249. The second-order valence-corrected chi connectivity index (χ2v) is 21.8. The Morgan fingerprint density at radius 1 is 0.550 bits per heavy atom. The van der Waals surface area contributed by atoms with E-state index in [1.54, 1.807) is 0 Å². The third kappa shape index (κ3) is 12.4. The predicted molar refractivity (Wildman–Crippen MR) is 84.2 cm³/mol. The van der Waals surface area contributed by atoms with Crippen LogP contribution in [0.4, 0.5) is 0 Å². The largest absolute Gasteiger partial charge is 0.553 e. The Morgan fingerprint density at radius 3 is 0.900 bits per heavy atom. The maximum Gasteiger partial charge on any atom is 0.553 e. The van der Waals surface area contributed by atoms with Gasteiger partial charge in [-0.05, 0) is 58.9 Å². The normalized spacial score (nSPS) is 14.7. The van der Waals surface area contributed by atoms with Gasteiger partial charge < -0.3 is 0 Å². The first-order valence-electron chi connectivity index (χ1n) is 6.34. The van der Waals surface area contributed by atoms with Gasteiger partial charge in [0.15, 0.2) is 0 Å². The molecule has 0 saturated heterocycles. The zero-order valence-corrected chi connectivity index (χ0v) is 17.7. The highest BCUT2D eigenvalue weighted by molar-refractivity contribution is 7.48. The Balaban J connectivity index is 4.71. The molecule has 0 spiro atoms. The van der Waals surface area contributed by atoms with E-state index in [4.69, 9.17) is 27.8 Å². The predicted octanol–water partition coefficient (Wildman–Crippen LogP) is 4.44. The molecule has 20 heavy (non-hydrogen) atoms. The monoisotopic (exact) mass is 362 g/mol. The fourth-order valence-corrected chi connectivity index (χ4v) is 4.36. The van der Waals surface area contributed by atoms with Crippen LogP contribution in [0.15, 0.2) is 0 Å². The van der Waals surface area contributed by atoms with E-state index < -0.39 is 32.8 Å². The Labute approximate surface area is 124 Å². The van der Waals surface area contributed by atoms with Crippen molar-refractivity contribution in [2.24, 2.45) is 0 Å². The molecule has 0 N–H and O–H groups in total. The van der Waals surface area contributed by atoms with Crippen molar-refractivity contribution >= 4 is 32.8 Å². The average molecular weight is 363 g/mol. The molecular formula is C9H27O7PSi3. The second-order valence-electron chi connectivity index (χ2n) is 7.26. The summed E-state index contributed by atoms with van der Waals surface area (Å²) in [7, 11) is -10.3. The highest BCUT2D eigenvalue weighted by atomic mass is 31.2. The van der Waals surface area contributed by atoms with E-state index in [1.807, 2.05) is 58.9 Å². The molecule has 122 valence electrons. The summed E-state index contributed by atoms with van der Waals surface area (Å²) < 4.78 is 42.3. The summed E-state index contributed by atoms with van der Waals surface area (Å²) in [6.07, 6.45) is 0. The summed E-state index contributed by atoms with van der Waals surface area (Å²) in [5.74, 6) is 0. The van der Waals surface area contributed by atoms with E-state index in [-0.39, 0.29) is 0 Å². The van der Waals surface area contributed by atoms with E-state index in [1.165, 1.54) is 0 Å². The molecule has 0 aromatic rings. The maximum atomic E-state index is 12.4. The van der Waals surface area contributed by atoms with E-state index in [0.717, 1.165) is 0 Å². The molecule has 0 aliphatic carbocycles. The molecule has 0 aliphatic rings. The van der Waals surface area contributed by atoms with Crippen LogP contribution in [-0.2, 0) is 32.3 Å². The Hall–Kier alpha value is 0.641. The smallest absolute Gasteiger partial charge is 0.277 e. The summed E-state index contributed by atoms with van der Waals surface area (Å²) in [4.78, 5) is 0. The third-order valence-electron chi connectivity index (χ3n) is 1.14. The molecule has 0 unspecified atom stereocenters. The SMILES string of the molecule is C[Si](C)(C)OOP(=O)(OO[Si](C)(C)C)OO[Si](C)(C)C. The first kappa shape index (κ1) is 20.6. The first-order chi connectivity index (χ1) is 8.62. The minimum Gasteiger partial charge on any atom is -0.277 e. The fraction of sp³-hybridized carbons (Fsp3) is 1.00. The Bertz CT molecular complexity index is 293. The molecule has 0 aromatic carbocycles. The number of phosphoric acid groups is 1. The lowest BCUT2D eigenvalue weighted by Gasteiger charge is -2.24. The van der Waals surface area contributed by atoms with Crippen LogP contribution < -0.4 is 0 Å². The molecule has 0 aliphatic heterocycles. The number of hydrogen-bond donors (Lipinski definition) is 0. The van der Waals surface area contributed by atoms with Gasteiger partial charge in [0, 0.05) is 0 Å². The van der Waals surface area contributed by atoms with Gasteiger partial charge in [-0.25, -0.2) is 4.57 Å². The van der Waals surface area contributed by atoms with Crippen LogP contribution in [0.25, 0.3) is 0 Å². The van der Waals surface area contributed by atoms with Gasteiger partial charge in [0.25, 0.3) is 0 Å². The molecule has 0 saturated carbocycles. The zero-order valence-electron chi connectivity index (χ0n) is 13.8. The van der Waals surface area contributed by atoms with Crippen LogP contribution in [0.3, 0.4) is 0 Å². The summed E-state index contributed by atoms with van der Waals surface area (Å²) in [6.45, 7) is 16.8. The van der Waals surface area contributed by atoms with Crippen molar-refractivity contribution in [3.05, 3.63) is 0 Å². The quantitative estimate of drug-likeness (QED) is 0.260. The van der Waals surface area contributed by atoms with E-state index in [0.29, 0.717) is 0 Å². The second kappa shape index (κ2) is 7.27. The van der Waals surface area contributed by atoms with Crippen molar-refractivity contribution in [1.82, 2.24) is 0 Å². The summed E-state index contributed by atoms with van der Waals surface area (Å²) in [5, 5.41) is 0. The van der Waals surface area contributed by atoms with Gasteiger partial charge in [0.1, 0.15) is 0 Å². The first-order valence-corrected chi connectivity index (χ1v) is 18.0. The van der Waals surface area contributed by atoms with Crippen LogP contribution in [0, 0.1) is 0 Å². The van der Waals surface area contributed by atoms with Crippen molar-refractivity contribution in [2.75, 3.05) is 0 Å². The molecule has 0 bridgehead atoms. The summed E-state index contributed by atoms with van der Waals surface area (Å²) >= 11 is 0. The summed E-state index contributed by atoms with van der Waals surface area (Å²) in [6, 6.07) is 0. The van der Waals surface area contributed by atoms with Gasteiger partial charge in [0.2, 0.25) is 25.0 Å². The standard InChI is InChI=1S/C9H27O7PSi3/c1-18(2,3)14-11-17(10,12-15-19(4,5)6)13-16-20(7,8)9/h1-9H3. The fourth-order valence-electron chi connectivity index (χ4n) is 0.510. The molecule has 0 heterocycles. The lowest BCUT2D eigenvalue weighted by atomic mass is 11.8. The van der Waals surface area contributed by atoms with E-state index >= 15 is 0 Å².